The molecule has 0 aliphatic carbocycles. The van der Waals surface area contributed by atoms with E-state index >= 15 is 0 Å². The summed E-state index contributed by atoms with van der Waals surface area (Å²) >= 11 is 6.50. The number of anilines is 1. The zero-order valence-corrected chi connectivity index (χ0v) is 16.1. The first kappa shape index (κ1) is 18.3. The predicted molar refractivity (Wildman–Crippen MR) is 110 cm³/mol. The third-order valence-electron chi connectivity index (χ3n) is 3.80. The molecule has 0 atom stereocenters. The number of thioether (sulfide) groups is 1. The fourth-order valence-electron chi connectivity index (χ4n) is 2.59. The molecule has 2 aromatic heterocycles. The summed E-state index contributed by atoms with van der Waals surface area (Å²) in [5.74, 6) is 0.221. The summed E-state index contributed by atoms with van der Waals surface area (Å²) in [6.45, 7) is 7.92. The Morgan fingerprint density at radius 1 is 1.38 bits per heavy atom. The molecule has 0 bridgehead atoms. The van der Waals surface area contributed by atoms with Gasteiger partial charge in [-0.15, -0.1) is 6.58 Å². The topological polar surface area (TPSA) is 66.7 Å². The van der Waals surface area contributed by atoms with Crippen LogP contribution >= 0.6 is 24.0 Å². The summed E-state index contributed by atoms with van der Waals surface area (Å²) in [4.78, 5) is 32.1. The van der Waals surface area contributed by atoms with Crippen molar-refractivity contribution in [2.75, 3.05) is 11.9 Å². The standard InChI is InChI=1S/C18H18N4O2S2/c1-4-8-19-15-12(16(23)21-9-6-5-7-14(21)20-15)10-13-17(24)22(11(2)3)18(25)26-13/h4-7,9-11,19H,1,8H2,2-3H3/b13-10-. The third kappa shape index (κ3) is 3.30. The Hall–Kier alpha value is -2.45. The molecule has 3 rings (SSSR count). The lowest BCUT2D eigenvalue weighted by Crippen LogP contribution is -2.34. The van der Waals surface area contributed by atoms with E-state index in [2.05, 4.69) is 16.9 Å². The van der Waals surface area contributed by atoms with E-state index in [0.29, 0.717) is 32.8 Å². The van der Waals surface area contributed by atoms with Crippen LogP contribution in [-0.4, -0.2) is 37.1 Å². The van der Waals surface area contributed by atoms with Gasteiger partial charge in [0.1, 0.15) is 15.8 Å². The van der Waals surface area contributed by atoms with Crippen LogP contribution in [0.2, 0.25) is 0 Å². The highest BCUT2D eigenvalue weighted by Gasteiger charge is 2.34. The van der Waals surface area contributed by atoms with Crippen molar-refractivity contribution in [1.29, 1.82) is 0 Å². The molecule has 0 aromatic carbocycles. The first-order chi connectivity index (χ1) is 12.4. The molecule has 1 aliphatic rings. The normalized spacial score (nSPS) is 16.1. The SMILES string of the molecule is C=CCNc1nc2ccccn2c(=O)c1/C=C1\SC(=S)N(C(C)C)C1=O. The van der Waals surface area contributed by atoms with E-state index in [0.717, 1.165) is 0 Å². The third-order valence-corrected chi connectivity index (χ3v) is 5.13. The summed E-state index contributed by atoms with van der Waals surface area (Å²) in [6.07, 6.45) is 4.90. The highest BCUT2D eigenvalue weighted by Crippen LogP contribution is 2.34. The van der Waals surface area contributed by atoms with E-state index in [1.807, 2.05) is 19.9 Å². The van der Waals surface area contributed by atoms with Gasteiger partial charge in [-0.05, 0) is 32.1 Å². The van der Waals surface area contributed by atoms with Gasteiger partial charge in [-0.1, -0.05) is 36.1 Å². The number of carbonyl (C=O) groups excluding carboxylic acids is 1. The van der Waals surface area contributed by atoms with E-state index < -0.39 is 0 Å². The van der Waals surface area contributed by atoms with Crippen molar-refractivity contribution in [3.05, 3.63) is 57.9 Å². The number of amides is 1. The summed E-state index contributed by atoms with van der Waals surface area (Å²) < 4.78 is 1.94. The monoisotopic (exact) mass is 386 g/mol. The molecule has 1 fully saturated rings. The number of nitrogens with zero attached hydrogens (tertiary/aromatic N) is 3. The molecular weight excluding hydrogens is 368 g/mol. The molecule has 0 radical (unpaired) electrons. The molecule has 1 N–H and O–H groups in total. The van der Waals surface area contributed by atoms with Crippen molar-refractivity contribution in [2.24, 2.45) is 0 Å². The average molecular weight is 387 g/mol. The minimum Gasteiger partial charge on any atom is -0.366 e. The van der Waals surface area contributed by atoms with Gasteiger partial charge in [0.15, 0.2) is 0 Å². The fraction of sp³-hybridized carbons (Fsp3) is 0.222. The Morgan fingerprint density at radius 3 is 2.81 bits per heavy atom. The molecule has 8 heteroatoms. The van der Waals surface area contributed by atoms with Gasteiger partial charge >= 0.3 is 0 Å². The summed E-state index contributed by atoms with van der Waals surface area (Å²) in [6, 6.07) is 5.28. The smallest absolute Gasteiger partial charge is 0.267 e. The lowest BCUT2D eigenvalue weighted by Gasteiger charge is -2.18. The Labute approximate surface area is 160 Å². The number of hydrogen-bond donors (Lipinski definition) is 1. The number of nitrogens with one attached hydrogen (secondary N) is 1. The number of hydrogen-bond acceptors (Lipinski definition) is 6. The molecule has 26 heavy (non-hydrogen) atoms. The maximum absolute atomic E-state index is 12.9. The number of aromatic nitrogens is 2. The van der Waals surface area contributed by atoms with Crippen LogP contribution in [0.15, 0.2) is 46.8 Å². The summed E-state index contributed by atoms with van der Waals surface area (Å²) in [5.41, 5.74) is 0.590. The van der Waals surface area contributed by atoms with E-state index in [4.69, 9.17) is 12.2 Å². The van der Waals surface area contributed by atoms with E-state index in [1.165, 1.54) is 16.2 Å². The van der Waals surface area contributed by atoms with Gasteiger partial charge in [-0.25, -0.2) is 4.98 Å². The Kier molecular flexibility index (Phi) is 5.24. The number of rotatable bonds is 5. The first-order valence-electron chi connectivity index (χ1n) is 8.07. The largest absolute Gasteiger partial charge is 0.366 e. The quantitative estimate of drug-likeness (QED) is 0.484. The van der Waals surface area contributed by atoms with Gasteiger partial charge in [0.2, 0.25) is 0 Å². The van der Waals surface area contributed by atoms with Crippen LogP contribution in [-0.2, 0) is 4.79 Å². The second-order valence-corrected chi connectivity index (χ2v) is 7.60. The zero-order chi connectivity index (χ0) is 18.8. The zero-order valence-electron chi connectivity index (χ0n) is 14.4. The predicted octanol–water partition coefficient (Wildman–Crippen LogP) is 2.90. The molecule has 0 unspecified atom stereocenters. The van der Waals surface area contributed by atoms with Crippen molar-refractivity contribution in [1.82, 2.24) is 14.3 Å². The molecule has 1 saturated heterocycles. The van der Waals surface area contributed by atoms with Crippen molar-refractivity contribution in [3.8, 4) is 0 Å². The van der Waals surface area contributed by atoms with Crippen molar-refractivity contribution < 1.29 is 4.79 Å². The van der Waals surface area contributed by atoms with Gasteiger partial charge < -0.3 is 5.32 Å². The fourth-order valence-corrected chi connectivity index (χ4v) is 4.10. The number of thiocarbonyl (C=S) groups is 1. The van der Waals surface area contributed by atoms with Crippen molar-refractivity contribution in [2.45, 2.75) is 19.9 Å². The molecule has 1 amide bonds. The number of pyridine rings is 1. The molecule has 3 heterocycles. The average Bonchev–Trinajstić information content (AvgIpc) is 2.89. The highest BCUT2D eigenvalue weighted by atomic mass is 32.2. The van der Waals surface area contributed by atoms with Crippen molar-refractivity contribution >= 4 is 51.7 Å². The Morgan fingerprint density at radius 2 is 2.15 bits per heavy atom. The van der Waals surface area contributed by atoms with E-state index in [9.17, 15) is 9.59 Å². The van der Waals surface area contributed by atoms with Crippen LogP contribution in [0.5, 0.6) is 0 Å². The second kappa shape index (κ2) is 7.43. The molecule has 1 aliphatic heterocycles. The van der Waals surface area contributed by atoms with E-state index in [1.54, 1.807) is 35.4 Å². The van der Waals surface area contributed by atoms with Gasteiger partial charge in [-0.3, -0.25) is 18.9 Å². The van der Waals surface area contributed by atoms with Crippen LogP contribution in [0.1, 0.15) is 19.4 Å². The van der Waals surface area contributed by atoms with Gasteiger partial charge in [-0.2, -0.15) is 0 Å². The summed E-state index contributed by atoms with van der Waals surface area (Å²) in [5, 5.41) is 3.08. The minimum atomic E-state index is -0.253. The molecule has 134 valence electrons. The van der Waals surface area contributed by atoms with E-state index in [-0.39, 0.29) is 17.5 Å². The van der Waals surface area contributed by atoms with Crippen LogP contribution in [0.3, 0.4) is 0 Å². The summed E-state index contributed by atoms with van der Waals surface area (Å²) in [7, 11) is 0. The molecule has 6 nitrogen and oxygen atoms in total. The molecule has 2 aromatic rings. The van der Waals surface area contributed by atoms with Gasteiger partial charge in [0, 0.05) is 18.8 Å². The van der Waals surface area contributed by atoms with Crippen LogP contribution < -0.4 is 10.9 Å². The molecule has 0 saturated carbocycles. The maximum atomic E-state index is 12.9. The molecule has 0 spiro atoms. The highest BCUT2D eigenvalue weighted by molar-refractivity contribution is 8.26. The number of carbonyl (C=O) groups is 1. The van der Waals surface area contributed by atoms with Crippen LogP contribution in [0.4, 0.5) is 5.82 Å². The molecular formula is C18H18N4O2S2. The van der Waals surface area contributed by atoms with Gasteiger partial charge in [0.25, 0.3) is 11.5 Å². The van der Waals surface area contributed by atoms with Crippen molar-refractivity contribution in [3.63, 3.8) is 0 Å². The second-order valence-electron chi connectivity index (χ2n) is 5.92. The van der Waals surface area contributed by atoms with Crippen LogP contribution in [0, 0.1) is 0 Å². The number of fused-ring (bicyclic) bond motifs is 1. The first-order valence-corrected chi connectivity index (χ1v) is 9.29. The lowest BCUT2D eigenvalue weighted by molar-refractivity contribution is -0.123. The maximum Gasteiger partial charge on any atom is 0.267 e. The lowest BCUT2D eigenvalue weighted by atomic mass is 10.2. The van der Waals surface area contributed by atoms with Gasteiger partial charge in [0.05, 0.1) is 10.5 Å². The Balaban J connectivity index is 2.16. The van der Waals surface area contributed by atoms with Crippen LogP contribution in [0.25, 0.3) is 11.7 Å². The Bertz CT molecular complexity index is 994. The minimum absolute atomic E-state index is 0.0393.